The van der Waals surface area contributed by atoms with E-state index in [0.29, 0.717) is 5.56 Å². The zero-order valence-electron chi connectivity index (χ0n) is 16.3. The maximum Gasteiger partial charge on any atom is 0.269 e. The molecule has 2 aromatic rings. The van der Waals surface area contributed by atoms with Crippen molar-refractivity contribution in [2.75, 3.05) is 20.1 Å². The minimum Gasteiger partial charge on any atom is -0.490 e. The summed E-state index contributed by atoms with van der Waals surface area (Å²) >= 11 is 0. The Morgan fingerprint density at radius 1 is 1.14 bits per heavy atom. The number of nitro benzene ring substituents is 1. The zero-order chi connectivity index (χ0) is 20.9. The molecule has 0 amide bonds. The largest absolute Gasteiger partial charge is 0.490 e. The third-order valence-corrected chi connectivity index (χ3v) is 6.16. The van der Waals surface area contributed by atoms with Gasteiger partial charge in [0.2, 0.25) is 10.0 Å². The molecule has 0 radical (unpaired) electrons. The van der Waals surface area contributed by atoms with Crippen LogP contribution in [0.1, 0.15) is 24.0 Å². The maximum atomic E-state index is 12.3. The molecule has 0 atom stereocenters. The Hall–Kier alpha value is -2.49. The summed E-state index contributed by atoms with van der Waals surface area (Å²) in [7, 11) is -1.52. The van der Waals surface area contributed by atoms with Crippen LogP contribution in [0.25, 0.3) is 0 Å². The Kier molecular flexibility index (Phi) is 6.83. The van der Waals surface area contributed by atoms with Crippen LogP contribution < -0.4 is 9.46 Å². The molecule has 1 fully saturated rings. The van der Waals surface area contributed by atoms with Crippen LogP contribution in [0.2, 0.25) is 0 Å². The van der Waals surface area contributed by atoms with E-state index in [1.807, 2.05) is 24.3 Å². The summed E-state index contributed by atoms with van der Waals surface area (Å²) < 4.78 is 33.1. The number of rotatable bonds is 8. The van der Waals surface area contributed by atoms with Crippen LogP contribution in [0.3, 0.4) is 0 Å². The molecule has 29 heavy (non-hydrogen) atoms. The SMILES string of the molecule is CN1CCC(Oc2ccc(CNS(=O)(=O)Cc3cccc([N+](=O)[O-])c3)cc2)CC1. The van der Waals surface area contributed by atoms with Crippen molar-refractivity contribution < 1.29 is 18.1 Å². The highest BCUT2D eigenvalue weighted by molar-refractivity contribution is 7.88. The van der Waals surface area contributed by atoms with Gasteiger partial charge in [-0.05, 0) is 43.1 Å². The number of non-ortho nitro benzene ring substituents is 1. The number of nitrogens with one attached hydrogen (secondary N) is 1. The molecule has 1 heterocycles. The zero-order valence-corrected chi connectivity index (χ0v) is 17.1. The van der Waals surface area contributed by atoms with Gasteiger partial charge in [-0.15, -0.1) is 0 Å². The highest BCUT2D eigenvalue weighted by Crippen LogP contribution is 2.19. The van der Waals surface area contributed by atoms with Gasteiger partial charge in [-0.1, -0.05) is 24.3 Å². The molecular weight excluding hydrogens is 394 g/mol. The summed E-state index contributed by atoms with van der Waals surface area (Å²) in [6.45, 7) is 2.19. The van der Waals surface area contributed by atoms with E-state index in [4.69, 9.17) is 4.74 Å². The monoisotopic (exact) mass is 419 g/mol. The van der Waals surface area contributed by atoms with Crippen LogP contribution in [0.15, 0.2) is 48.5 Å². The van der Waals surface area contributed by atoms with E-state index < -0.39 is 14.9 Å². The molecule has 1 aliphatic rings. The van der Waals surface area contributed by atoms with Crippen molar-refractivity contribution in [2.24, 2.45) is 0 Å². The van der Waals surface area contributed by atoms with Gasteiger partial charge in [0.25, 0.3) is 5.69 Å². The lowest BCUT2D eigenvalue weighted by atomic mass is 10.1. The van der Waals surface area contributed by atoms with Crippen LogP contribution in [-0.4, -0.2) is 44.5 Å². The van der Waals surface area contributed by atoms with Crippen molar-refractivity contribution in [3.05, 3.63) is 69.8 Å². The lowest BCUT2D eigenvalue weighted by Gasteiger charge is -2.29. The molecule has 1 aliphatic heterocycles. The van der Waals surface area contributed by atoms with Gasteiger partial charge in [0.15, 0.2) is 0 Å². The molecule has 3 rings (SSSR count). The lowest BCUT2D eigenvalue weighted by molar-refractivity contribution is -0.384. The van der Waals surface area contributed by atoms with Gasteiger partial charge in [0.05, 0.1) is 10.7 Å². The molecule has 2 aromatic carbocycles. The number of piperidine rings is 1. The topological polar surface area (TPSA) is 102 Å². The van der Waals surface area contributed by atoms with E-state index in [-0.39, 0.29) is 24.1 Å². The number of benzene rings is 2. The number of nitrogens with zero attached hydrogens (tertiary/aromatic N) is 2. The van der Waals surface area contributed by atoms with Gasteiger partial charge in [-0.3, -0.25) is 10.1 Å². The fourth-order valence-corrected chi connectivity index (χ4v) is 4.31. The Bertz CT molecular complexity index is 939. The third-order valence-electron chi connectivity index (χ3n) is 4.87. The first-order valence-corrected chi connectivity index (χ1v) is 11.1. The van der Waals surface area contributed by atoms with Crippen LogP contribution >= 0.6 is 0 Å². The highest BCUT2D eigenvalue weighted by Gasteiger charge is 2.18. The summed E-state index contributed by atoms with van der Waals surface area (Å²) in [6.07, 6.45) is 2.20. The van der Waals surface area contributed by atoms with Crippen molar-refractivity contribution in [1.29, 1.82) is 0 Å². The van der Waals surface area contributed by atoms with Gasteiger partial charge in [0.1, 0.15) is 11.9 Å². The molecule has 1 saturated heterocycles. The second-order valence-corrected chi connectivity index (χ2v) is 9.08. The van der Waals surface area contributed by atoms with E-state index in [1.165, 1.54) is 18.2 Å². The number of hydrogen-bond donors (Lipinski definition) is 1. The van der Waals surface area contributed by atoms with E-state index in [2.05, 4.69) is 16.7 Å². The van der Waals surface area contributed by atoms with E-state index in [0.717, 1.165) is 37.2 Å². The van der Waals surface area contributed by atoms with E-state index in [9.17, 15) is 18.5 Å². The van der Waals surface area contributed by atoms with E-state index in [1.54, 1.807) is 6.07 Å². The normalized spacial score (nSPS) is 15.9. The maximum absolute atomic E-state index is 12.3. The Balaban J connectivity index is 1.52. The second-order valence-electron chi connectivity index (χ2n) is 7.27. The quantitative estimate of drug-likeness (QED) is 0.521. The first-order valence-electron chi connectivity index (χ1n) is 9.45. The third kappa shape index (κ3) is 6.52. The second kappa shape index (κ2) is 9.34. The van der Waals surface area contributed by atoms with Crippen LogP contribution in [-0.2, 0) is 22.3 Å². The number of hydrogen-bond acceptors (Lipinski definition) is 6. The van der Waals surface area contributed by atoms with Crippen molar-refractivity contribution in [3.63, 3.8) is 0 Å². The van der Waals surface area contributed by atoms with Gasteiger partial charge < -0.3 is 9.64 Å². The average Bonchev–Trinajstić information content (AvgIpc) is 2.69. The number of likely N-dealkylation sites (tertiary alicyclic amines) is 1. The van der Waals surface area contributed by atoms with Crippen molar-refractivity contribution in [1.82, 2.24) is 9.62 Å². The van der Waals surface area contributed by atoms with Crippen LogP contribution in [0.4, 0.5) is 5.69 Å². The predicted molar refractivity (Wildman–Crippen MR) is 110 cm³/mol. The summed E-state index contributed by atoms with van der Waals surface area (Å²) in [5.74, 6) is 0.467. The Labute approximate surface area is 170 Å². The fourth-order valence-electron chi connectivity index (χ4n) is 3.20. The Morgan fingerprint density at radius 2 is 1.83 bits per heavy atom. The van der Waals surface area contributed by atoms with Crippen LogP contribution in [0, 0.1) is 10.1 Å². The molecular formula is C20H25N3O5S. The van der Waals surface area contributed by atoms with Crippen molar-refractivity contribution in [3.8, 4) is 5.75 Å². The molecule has 9 heteroatoms. The molecule has 0 aliphatic carbocycles. The number of nitro groups is 1. The summed E-state index contributed by atoms with van der Waals surface area (Å²) in [6, 6.07) is 13.0. The van der Waals surface area contributed by atoms with Crippen LogP contribution in [0.5, 0.6) is 5.75 Å². The first-order chi connectivity index (χ1) is 13.8. The summed E-state index contributed by atoms with van der Waals surface area (Å²) in [5.41, 5.74) is 1.05. The lowest BCUT2D eigenvalue weighted by Crippen LogP contribution is -2.35. The summed E-state index contributed by atoms with van der Waals surface area (Å²) in [5, 5.41) is 10.8. The fraction of sp³-hybridized carbons (Fsp3) is 0.400. The minimum absolute atomic E-state index is 0.127. The Morgan fingerprint density at radius 3 is 2.48 bits per heavy atom. The highest BCUT2D eigenvalue weighted by atomic mass is 32.2. The van der Waals surface area contributed by atoms with Gasteiger partial charge in [0, 0.05) is 31.8 Å². The standard InChI is InChI=1S/C20H25N3O5S/c1-22-11-9-20(10-12-22)28-19-7-5-16(6-8-19)14-21-29(26,27)15-17-3-2-4-18(13-17)23(24)25/h2-8,13,20-21H,9-12,14-15H2,1H3. The van der Waals surface area contributed by atoms with Crippen molar-refractivity contribution >= 4 is 15.7 Å². The predicted octanol–water partition coefficient (Wildman–Crippen LogP) is 2.69. The molecule has 0 bridgehead atoms. The molecule has 1 N–H and O–H groups in total. The average molecular weight is 420 g/mol. The van der Waals surface area contributed by atoms with Crippen molar-refractivity contribution in [2.45, 2.75) is 31.2 Å². The van der Waals surface area contributed by atoms with Gasteiger partial charge in [-0.2, -0.15) is 0 Å². The first kappa shape index (κ1) is 21.2. The number of sulfonamides is 1. The molecule has 156 valence electrons. The number of ether oxygens (including phenoxy) is 1. The van der Waals surface area contributed by atoms with Gasteiger partial charge in [-0.25, -0.2) is 13.1 Å². The minimum atomic E-state index is -3.62. The molecule has 8 nitrogen and oxygen atoms in total. The van der Waals surface area contributed by atoms with E-state index >= 15 is 0 Å². The molecule has 0 unspecified atom stereocenters. The van der Waals surface area contributed by atoms with Gasteiger partial charge >= 0.3 is 0 Å². The molecule has 0 saturated carbocycles. The molecule has 0 spiro atoms. The smallest absolute Gasteiger partial charge is 0.269 e. The molecule has 0 aromatic heterocycles. The summed E-state index contributed by atoms with van der Waals surface area (Å²) in [4.78, 5) is 12.6.